The van der Waals surface area contributed by atoms with Crippen LogP contribution in [-0.4, -0.2) is 20.1 Å². The molecule has 0 radical (unpaired) electrons. The van der Waals surface area contributed by atoms with Crippen LogP contribution in [0.1, 0.15) is 10.4 Å². The average molecular weight is 293 g/mol. The molecule has 0 amide bonds. The van der Waals surface area contributed by atoms with E-state index in [4.69, 9.17) is 0 Å². The molecule has 0 fully saturated rings. The predicted molar refractivity (Wildman–Crippen MR) is 69.5 cm³/mol. The molecule has 0 aliphatic carbocycles. The third-order valence-electron chi connectivity index (χ3n) is 2.02. The van der Waals surface area contributed by atoms with Crippen molar-refractivity contribution in [2.24, 2.45) is 0 Å². The van der Waals surface area contributed by atoms with Crippen LogP contribution in [0.5, 0.6) is 0 Å². The monoisotopic (exact) mass is 294 g/mol. The van der Waals surface area contributed by atoms with Crippen molar-refractivity contribution >= 4 is 34.8 Å². The Morgan fingerprint density at radius 3 is 2.38 bits per heavy atom. The van der Waals surface area contributed by atoms with Crippen LogP contribution in [0, 0.1) is 0 Å². The Kier molecular flexibility index (Phi) is 4.23. The maximum absolute atomic E-state index is 10.8. The van der Waals surface area contributed by atoms with E-state index in [1.54, 1.807) is 10.2 Å². The molecule has 80 valence electrons. The molecule has 0 atom stereocenters. The van der Waals surface area contributed by atoms with Crippen molar-refractivity contribution in [3.63, 3.8) is 0 Å². The van der Waals surface area contributed by atoms with Gasteiger partial charge in [-0.2, -0.15) is 0 Å². The minimum absolute atomic E-state index is 0.249. The number of hydrogen-bond acceptors (Lipinski definition) is 2. The van der Waals surface area contributed by atoms with E-state index in [0.717, 1.165) is 16.3 Å². The summed E-state index contributed by atoms with van der Waals surface area (Å²) in [6.07, 6.45) is 0.933. The Morgan fingerprint density at radius 2 is 1.62 bits per heavy atom. The van der Waals surface area contributed by atoms with Gasteiger partial charge in [0.2, 0.25) is 0 Å². The molecule has 0 N–H and O–H groups in total. The second-order valence-corrected chi connectivity index (χ2v) is 6.96. The van der Waals surface area contributed by atoms with Gasteiger partial charge in [-0.25, -0.2) is 0 Å². The SMILES string of the molecule is O=Cc1ccccc1[Se]Sc1ccccc1. The Bertz CT molecular complexity index is 470. The van der Waals surface area contributed by atoms with Crippen LogP contribution < -0.4 is 4.46 Å². The normalized spacial score (nSPS) is 10.0. The molecular formula is C13H10OSSe. The quantitative estimate of drug-likeness (QED) is 0.636. The molecule has 0 unspecified atom stereocenters. The molecule has 3 heteroatoms. The molecule has 0 aliphatic rings. The summed E-state index contributed by atoms with van der Waals surface area (Å²) in [6.45, 7) is 0. The number of hydrogen-bond donors (Lipinski definition) is 0. The van der Waals surface area contributed by atoms with Gasteiger partial charge in [-0.1, -0.05) is 0 Å². The molecule has 0 aromatic heterocycles. The number of aldehydes is 1. The van der Waals surface area contributed by atoms with Crippen LogP contribution in [0.2, 0.25) is 0 Å². The van der Waals surface area contributed by atoms with Crippen molar-refractivity contribution in [3.05, 3.63) is 60.2 Å². The topological polar surface area (TPSA) is 17.1 Å². The molecule has 0 saturated carbocycles. The van der Waals surface area contributed by atoms with E-state index in [2.05, 4.69) is 12.1 Å². The van der Waals surface area contributed by atoms with Crippen LogP contribution in [-0.2, 0) is 0 Å². The summed E-state index contributed by atoms with van der Waals surface area (Å²) >= 11 is 0.249. The molecule has 2 rings (SSSR count). The summed E-state index contributed by atoms with van der Waals surface area (Å²) in [6, 6.07) is 18.0. The Balaban J connectivity index is 2.08. The van der Waals surface area contributed by atoms with Crippen LogP contribution in [0.25, 0.3) is 0 Å². The molecule has 1 nitrogen and oxygen atoms in total. The third-order valence-corrected chi connectivity index (χ3v) is 6.39. The van der Waals surface area contributed by atoms with Gasteiger partial charge in [0.25, 0.3) is 0 Å². The summed E-state index contributed by atoms with van der Waals surface area (Å²) in [7, 11) is 1.81. The first-order valence-electron chi connectivity index (χ1n) is 4.84. The third kappa shape index (κ3) is 2.99. The number of carbonyl (C=O) groups is 1. The fourth-order valence-corrected chi connectivity index (χ4v) is 5.06. The van der Waals surface area contributed by atoms with Crippen molar-refractivity contribution < 1.29 is 4.79 Å². The van der Waals surface area contributed by atoms with Gasteiger partial charge in [-0.15, -0.1) is 0 Å². The van der Waals surface area contributed by atoms with Crippen molar-refractivity contribution in [1.82, 2.24) is 0 Å². The minimum atomic E-state index is 0.249. The molecule has 0 saturated heterocycles. The number of carbonyl (C=O) groups excluding carboxylic acids is 1. The van der Waals surface area contributed by atoms with Crippen LogP contribution in [0.3, 0.4) is 0 Å². The fourth-order valence-electron chi connectivity index (χ4n) is 1.22. The average Bonchev–Trinajstić information content (AvgIpc) is 2.38. The van der Waals surface area contributed by atoms with Crippen molar-refractivity contribution in [2.45, 2.75) is 4.90 Å². The summed E-state index contributed by atoms with van der Waals surface area (Å²) in [5.41, 5.74) is 0.811. The Labute approximate surface area is 104 Å². The molecule has 0 heterocycles. The Morgan fingerprint density at radius 1 is 0.938 bits per heavy atom. The Hall–Kier alpha value is -1.02. The van der Waals surface area contributed by atoms with Gasteiger partial charge >= 0.3 is 105 Å². The first-order chi connectivity index (χ1) is 7.90. The first-order valence-corrected chi connectivity index (χ1v) is 8.53. The van der Waals surface area contributed by atoms with Gasteiger partial charge in [0.15, 0.2) is 0 Å². The molecule has 2 aromatic carbocycles. The zero-order chi connectivity index (χ0) is 11.2. The number of benzene rings is 2. The van der Waals surface area contributed by atoms with Gasteiger partial charge in [0.1, 0.15) is 0 Å². The maximum atomic E-state index is 10.8. The van der Waals surface area contributed by atoms with Crippen LogP contribution in [0.4, 0.5) is 0 Å². The van der Waals surface area contributed by atoms with Crippen LogP contribution >= 0.6 is 10.2 Å². The van der Waals surface area contributed by atoms with Gasteiger partial charge in [0.05, 0.1) is 0 Å². The standard InChI is InChI=1S/C13H10OSSe/c14-10-11-6-4-5-9-13(11)16-15-12-7-2-1-3-8-12/h1-10H. The van der Waals surface area contributed by atoms with Gasteiger partial charge in [-0.3, -0.25) is 0 Å². The van der Waals surface area contributed by atoms with E-state index in [0.29, 0.717) is 0 Å². The van der Waals surface area contributed by atoms with E-state index < -0.39 is 0 Å². The zero-order valence-electron chi connectivity index (χ0n) is 8.50. The summed E-state index contributed by atoms with van der Waals surface area (Å²) in [5.74, 6) is 0. The van der Waals surface area contributed by atoms with Crippen molar-refractivity contribution in [1.29, 1.82) is 0 Å². The molecular weight excluding hydrogens is 283 g/mol. The zero-order valence-corrected chi connectivity index (χ0v) is 11.0. The summed E-state index contributed by atoms with van der Waals surface area (Å²) < 4.78 is 1.15. The van der Waals surface area contributed by atoms with Gasteiger partial charge in [0, 0.05) is 0 Å². The van der Waals surface area contributed by atoms with Crippen molar-refractivity contribution in [2.75, 3.05) is 0 Å². The molecule has 2 aromatic rings. The van der Waals surface area contributed by atoms with E-state index in [1.807, 2.05) is 42.5 Å². The van der Waals surface area contributed by atoms with E-state index in [-0.39, 0.29) is 13.8 Å². The van der Waals surface area contributed by atoms with E-state index >= 15 is 0 Å². The van der Waals surface area contributed by atoms with Gasteiger partial charge in [-0.05, 0) is 0 Å². The van der Waals surface area contributed by atoms with Crippen molar-refractivity contribution in [3.8, 4) is 0 Å². The summed E-state index contributed by atoms with van der Waals surface area (Å²) in [4.78, 5) is 12.1. The summed E-state index contributed by atoms with van der Waals surface area (Å²) in [5, 5.41) is 0. The van der Waals surface area contributed by atoms with Crippen LogP contribution in [0.15, 0.2) is 59.5 Å². The van der Waals surface area contributed by atoms with Gasteiger partial charge < -0.3 is 0 Å². The van der Waals surface area contributed by atoms with E-state index in [1.165, 1.54) is 4.90 Å². The predicted octanol–water partition coefficient (Wildman–Crippen LogP) is 2.54. The number of rotatable bonds is 4. The molecule has 0 spiro atoms. The second-order valence-electron chi connectivity index (χ2n) is 3.14. The second kappa shape index (κ2) is 5.90. The molecule has 0 bridgehead atoms. The fraction of sp³-hybridized carbons (Fsp3) is 0. The molecule has 16 heavy (non-hydrogen) atoms. The van der Waals surface area contributed by atoms with E-state index in [9.17, 15) is 4.79 Å². The molecule has 0 aliphatic heterocycles. The first kappa shape index (κ1) is 11.5.